The third kappa shape index (κ3) is 5.06. The van der Waals surface area contributed by atoms with Crippen LogP contribution >= 0.6 is 0 Å². The molecule has 4 aromatic rings. The SMILES string of the molecule is Cc1cc([C@@H](C)Nc2ccccc2C(=O)NS(=O)(=O)C2CC2)c2nc(N3Cc4ccc(F)cc4C3)n(C)c(=O)c2c1. The van der Waals surface area contributed by atoms with E-state index < -0.39 is 27.2 Å². The monoisotopic (exact) mass is 575 g/mol. The Morgan fingerprint density at radius 2 is 1.80 bits per heavy atom. The largest absolute Gasteiger partial charge is 0.378 e. The molecule has 0 bridgehead atoms. The number of carbonyl (C=O) groups excluding carboxylic acids is 1. The number of aryl methyl sites for hydroxylation is 1. The molecular weight excluding hydrogens is 545 g/mol. The molecular formula is C30H30FN5O4S. The number of sulfonamides is 1. The van der Waals surface area contributed by atoms with Crippen LogP contribution in [0.1, 0.15) is 58.4 Å². The minimum Gasteiger partial charge on any atom is -0.378 e. The van der Waals surface area contributed by atoms with Crippen LogP contribution in [0.25, 0.3) is 10.9 Å². The molecule has 2 heterocycles. The van der Waals surface area contributed by atoms with Gasteiger partial charge in [-0.3, -0.25) is 14.2 Å². The van der Waals surface area contributed by atoms with Crippen molar-refractivity contribution in [2.75, 3.05) is 10.2 Å². The summed E-state index contributed by atoms with van der Waals surface area (Å²) in [4.78, 5) is 33.4. The Morgan fingerprint density at radius 1 is 1.07 bits per heavy atom. The number of carbonyl (C=O) groups is 1. The van der Waals surface area contributed by atoms with Gasteiger partial charge in [0.05, 0.1) is 27.8 Å². The van der Waals surface area contributed by atoms with E-state index in [-0.39, 0.29) is 16.9 Å². The number of amides is 1. The lowest BCUT2D eigenvalue weighted by molar-refractivity contribution is 0.0982. The van der Waals surface area contributed by atoms with Gasteiger partial charge in [-0.05, 0) is 73.7 Å². The number of hydrogen-bond acceptors (Lipinski definition) is 7. The first-order valence-corrected chi connectivity index (χ1v) is 15.0. The second-order valence-electron chi connectivity index (χ2n) is 10.9. The van der Waals surface area contributed by atoms with Crippen LogP contribution in [-0.4, -0.2) is 29.1 Å². The van der Waals surface area contributed by atoms with Gasteiger partial charge in [0.25, 0.3) is 11.5 Å². The van der Waals surface area contributed by atoms with Crippen LogP contribution < -0.4 is 20.5 Å². The molecule has 1 aliphatic heterocycles. The van der Waals surface area contributed by atoms with E-state index in [2.05, 4.69) is 10.0 Å². The van der Waals surface area contributed by atoms with E-state index in [9.17, 15) is 22.4 Å². The van der Waals surface area contributed by atoms with Gasteiger partial charge in [0.1, 0.15) is 5.82 Å². The lowest BCUT2D eigenvalue weighted by Gasteiger charge is -2.23. The number of halogens is 1. The van der Waals surface area contributed by atoms with Crippen LogP contribution in [-0.2, 0) is 30.2 Å². The van der Waals surface area contributed by atoms with Crippen molar-refractivity contribution in [1.29, 1.82) is 0 Å². The topological polar surface area (TPSA) is 113 Å². The first kappa shape index (κ1) is 26.9. The zero-order valence-corrected chi connectivity index (χ0v) is 23.8. The van der Waals surface area contributed by atoms with Gasteiger partial charge in [-0.2, -0.15) is 0 Å². The number of benzene rings is 3. The molecule has 1 saturated carbocycles. The van der Waals surface area contributed by atoms with Gasteiger partial charge < -0.3 is 10.2 Å². The fourth-order valence-electron chi connectivity index (χ4n) is 5.42. The molecule has 1 aliphatic carbocycles. The number of para-hydroxylation sites is 1. The molecule has 1 aromatic heterocycles. The van der Waals surface area contributed by atoms with Gasteiger partial charge in [-0.25, -0.2) is 22.5 Å². The highest BCUT2D eigenvalue weighted by Gasteiger charge is 2.37. The van der Waals surface area contributed by atoms with Crippen LogP contribution in [0.4, 0.5) is 16.0 Å². The summed E-state index contributed by atoms with van der Waals surface area (Å²) in [6.07, 6.45) is 1.10. The minimum absolute atomic E-state index is 0.200. The highest BCUT2D eigenvalue weighted by atomic mass is 32.2. The number of aromatic nitrogens is 2. The number of fused-ring (bicyclic) bond motifs is 2. The van der Waals surface area contributed by atoms with Crippen molar-refractivity contribution in [2.45, 2.75) is 51.1 Å². The molecule has 3 aromatic carbocycles. The minimum atomic E-state index is -3.71. The van der Waals surface area contributed by atoms with Gasteiger partial charge >= 0.3 is 0 Å². The summed E-state index contributed by atoms with van der Waals surface area (Å²) in [5, 5.41) is 3.28. The summed E-state index contributed by atoms with van der Waals surface area (Å²) in [5.74, 6) is -0.523. The average Bonchev–Trinajstić information content (AvgIpc) is 3.71. The molecule has 2 N–H and O–H groups in total. The van der Waals surface area contributed by atoms with Crippen LogP contribution in [0.5, 0.6) is 0 Å². The number of nitrogens with one attached hydrogen (secondary N) is 2. The predicted octanol–water partition coefficient (Wildman–Crippen LogP) is 4.30. The molecule has 6 rings (SSSR count). The summed E-state index contributed by atoms with van der Waals surface area (Å²) in [5.41, 5.74) is 4.45. The van der Waals surface area contributed by atoms with E-state index in [0.29, 0.717) is 48.5 Å². The Hall–Kier alpha value is -4.25. The third-order valence-corrected chi connectivity index (χ3v) is 9.53. The summed E-state index contributed by atoms with van der Waals surface area (Å²) in [7, 11) is -2.03. The molecule has 0 radical (unpaired) electrons. The Morgan fingerprint density at radius 3 is 2.56 bits per heavy atom. The molecule has 0 unspecified atom stereocenters. The first-order chi connectivity index (χ1) is 19.5. The molecule has 0 saturated heterocycles. The Balaban J connectivity index is 1.36. The number of hydrogen-bond donors (Lipinski definition) is 2. The Bertz CT molecular complexity index is 1880. The van der Waals surface area contributed by atoms with Crippen molar-refractivity contribution < 1.29 is 17.6 Å². The lowest BCUT2D eigenvalue weighted by atomic mass is 10.0. The van der Waals surface area contributed by atoms with Crippen molar-refractivity contribution in [3.8, 4) is 0 Å². The van der Waals surface area contributed by atoms with Gasteiger partial charge in [0.15, 0.2) is 0 Å². The lowest BCUT2D eigenvalue weighted by Crippen LogP contribution is -2.33. The van der Waals surface area contributed by atoms with Crippen molar-refractivity contribution in [1.82, 2.24) is 14.3 Å². The van der Waals surface area contributed by atoms with E-state index in [0.717, 1.165) is 22.3 Å². The molecule has 0 spiro atoms. The Labute approximate surface area is 237 Å². The third-order valence-electron chi connectivity index (χ3n) is 7.71. The van der Waals surface area contributed by atoms with Crippen molar-refractivity contribution >= 4 is 38.5 Å². The predicted molar refractivity (Wildman–Crippen MR) is 156 cm³/mol. The second-order valence-corrected chi connectivity index (χ2v) is 12.8. The molecule has 41 heavy (non-hydrogen) atoms. The van der Waals surface area contributed by atoms with Gasteiger partial charge in [0, 0.05) is 31.4 Å². The van der Waals surface area contributed by atoms with Gasteiger partial charge in [-0.1, -0.05) is 24.3 Å². The highest BCUT2D eigenvalue weighted by molar-refractivity contribution is 7.91. The molecule has 1 atom stereocenters. The zero-order chi connectivity index (χ0) is 29.1. The van der Waals surface area contributed by atoms with Crippen LogP contribution in [0.2, 0.25) is 0 Å². The highest BCUT2D eigenvalue weighted by Crippen LogP contribution is 2.32. The maximum Gasteiger partial charge on any atom is 0.266 e. The maximum atomic E-state index is 13.8. The molecule has 1 fully saturated rings. The Kier molecular flexibility index (Phi) is 6.56. The van der Waals surface area contributed by atoms with E-state index in [4.69, 9.17) is 4.98 Å². The smallest absolute Gasteiger partial charge is 0.266 e. The average molecular weight is 576 g/mol. The number of nitrogens with zero attached hydrogens (tertiary/aromatic N) is 3. The quantitative estimate of drug-likeness (QED) is 0.338. The number of rotatable bonds is 7. The molecule has 1 amide bonds. The molecule has 9 nitrogen and oxygen atoms in total. The standard InChI is InChI=1S/C30H30FN5O4S/c1-17-12-24(18(2)32-26-7-5-4-6-23(26)28(37)34-41(39,40)22-10-11-22)27-25(13-17)29(38)35(3)30(33-27)36-15-19-8-9-21(31)14-20(19)16-36/h4-9,12-14,18,22,32H,10-11,15-16H2,1-3H3,(H,34,37)/t18-/m1/s1. The zero-order valence-electron chi connectivity index (χ0n) is 22.9. The summed E-state index contributed by atoms with van der Waals surface area (Å²) in [6, 6.07) is 14.8. The fraction of sp³-hybridized carbons (Fsp3) is 0.300. The molecule has 212 valence electrons. The van der Waals surface area contributed by atoms with Crippen molar-refractivity contribution in [3.05, 3.63) is 98.6 Å². The van der Waals surface area contributed by atoms with Crippen LogP contribution in [0.15, 0.2) is 59.4 Å². The van der Waals surface area contributed by atoms with Crippen LogP contribution in [0.3, 0.4) is 0 Å². The molecule has 2 aliphatic rings. The fourth-order valence-corrected chi connectivity index (χ4v) is 6.71. The van der Waals surface area contributed by atoms with Gasteiger partial charge in [0.2, 0.25) is 16.0 Å². The van der Waals surface area contributed by atoms with E-state index >= 15 is 0 Å². The second kappa shape index (κ2) is 9.99. The summed E-state index contributed by atoms with van der Waals surface area (Å²) in [6.45, 7) is 4.73. The maximum absolute atomic E-state index is 13.8. The van der Waals surface area contributed by atoms with Crippen LogP contribution in [0, 0.1) is 12.7 Å². The van der Waals surface area contributed by atoms with Crippen molar-refractivity contribution in [3.63, 3.8) is 0 Å². The van der Waals surface area contributed by atoms with Gasteiger partial charge in [-0.15, -0.1) is 0 Å². The summed E-state index contributed by atoms with van der Waals surface area (Å²) >= 11 is 0. The van der Waals surface area contributed by atoms with E-state index in [1.54, 1.807) is 37.4 Å². The summed E-state index contributed by atoms with van der Waals surface area (Å²) < 4.78 is 42.3. The van der Waals surface area contributed by atoms with E-state index in [1.165, 1.54) is 16.7 Å². The number of anilines is 2. The molecule has 11 heteroatoms. The van der Waals surface area contributed by atoms with E-state index in [1.807, 2.05) is 30.9 Å². The van der Waals surface area contributed by atoms with Crippen molar-refractivity contribution in [2.24, 2.45) is 7.05 Å². The normalized spacial score (nSPS) is 15.6. The first-order valence-electron chi connectivity index (χ1n) is 13.5.